The largest absolute Gasteiger partial charge is 0.451 e. The van der Waals surface area contributed by atoms with E-state index >= 15 is 0 Å². The highest BCUT2D eigenvalue weighted by molar-refractivity contribution is 9.11. The van der Waals surface area contributed by atoms with Gasteiger partial charge in [0.25, 0.3) is 0 Å². The maximum absolute atomic E-state index is 10.3. The van der Waals surface area contributed by atoms with Crippen molar-refractivity contribution in [2.24, 2.45) is 11.8 Å². The van der Waals surface area contributed by atoms with Gasteiger partial charge in [-0.3, -0.25) is 9.59 Å². The van der Waals surface area contributed by atoms with Gasteiger partial charge in [-0.25, -0.2) is 9.97 Å². The molecule has 0 saturated heterocycles. The molecule has 2 rings (SSSR count). The van der Waals surface area contributed by atoms with Crippen molar-refractivity contribution in [3.8, 4) is 0 Å². The summed E-state index contributed by atoms with van der Waals surface area (Å²) in [5.41, 5.74) is 0. The molecule has 0 fully saturated rings. The van der Waals surface area contributed by atoms with Gasteiger partial charge in [-0.15, -0.1) is 22.7 Å². The molecule has 0 aromatic carbocycles. The lowest BCUT2D eigenvalue weighted by atomic mass is 9.82. The van der Waals surface area contributed by atoms with E-state index in [1.807, 2.05) is 0 Å². The van der Waals surface area contributed by atoms with Crippen molar-refractivity contribution < 1.29 is 19.6 Å². The van der Waals surface area contributed by atoms with E-state index in [-0.39, 0.29) is 0 Å². The van der Waals surface area contributed by atoms with E-state index in [0.29, 0.717) is 23.0 Å². The first kappa shape index (κ1) is 27.1. The standard InChI is InChI=1S/C9H13NOS.C5H13BO2.C4H2BrNOS/c1-7(2)3-4-9-10-5-8(6-11)12-9;1-5(2)3-4-6(7)8;5-4-6-1-3(2-7)8-4/h5-7H,3-4H2,1-2H3;5,7-8H,3-4H2,1-2H3;1-2H. The molecule has 0 atom stereocenters. The van der Waals surface area contributed by atoms with Crippen LogP contribution in [0.2, 0.25) is 6.32 Å². The van der Waals surface area contributed by atoms with Crippen LogP contribution in [0.3, 0.4) is 0 Å². The molecule has 0 saturated carbocycles. The number of nitrogens with zero attached hydrogens (tertiary/aromatic N) is 2. The molecule has 0 aliphatic rings. The number of aromatic nitrogens is 2. The molecule has 0 radical (unpaired) electrons. The third-order valence-electron chi connectivity index (χ3n) is 3.24. The van der Waals surface area contributed by atoms with E-state index in [9.17, 15) is 9.59 Å². The van der Waals surface area contributed by atoms with Crippen LogP contribution < -0.4 is 0 Å². The Hall–Kier alpha value is -0.935. The van der Waals surface area contributed by atoms with E-state index in [1.165, 1.54) is 28.9 Å². The molecule has 0 aliphatic heterocycles. The lowest BCUT2D eigenvalue weighted by Crippen LogP contribution is -2.10. The molecule has 2 aromatic heterocycles. The van der Waals surface area contributed by atoms with Crippen molar-refractivity contribution in [2.75, 3.05) is 0 Å². The molecular weight excluding hydrogens is 463 g/mol. The summed E-state index contributed by atoms with van der Waals surface area (Å²) in [6.45, 7) is 8.49. The maximum atomic E-state index is 10.3. The summed E-state index contributed by atoms with van der Waals surface area (Å²) in [5.74, 6) is 1.27. The maximum Gasteiger partial charge on any atom is 0.451 e. The van der Waals surface area contributed by atoms with Crippen molar-refractivity contribution >= 4 is 58.3 Å². The zero-order chi connectivity index (χ0) is 21.5. The van der Waals surface area contributed by atoms with E-state index in [0.717, 1.165) is 45.6 Å². The van der Waals surface area contributed by atoms with Crippen LogP contribution in [0.1, 0.15) is 64.9 Å². The molecule has 0 bridgehead atoms. The Morgan fingerprint density at radius 2 is 1.54 bits per heavy atom. The molecule has 10 heteroatoms. The van der Waals surface area contributed by atoms with Crippen LogP contribution >= 0.6 is 38.6 Å². The first-order valence-electron chi connectivity index (χ1n) is 9.00. The van der Waals surface area contributed by atoms with Crippen LogP contribution in [-0.2, 0) is 6.42 Å². The number of aldehydes is 2. The summed E-state index contributed by atoms with van der Waals surface area (Å²) in [5, 5.41) is 17.8. The Morgan fingerprint density at radius 1 is 1.00 bits per heavy atom. The summed E-state index contributed by atoms with van der Waals surface area (Å²) in [4.78, 5) is 29.6. The first-order valence-corrected chi connectivity index (χ1v) is 11.4. The average molecular weight is 491 g/mol. The second kappa shape index (κ2) is 15.9. The van der Waals surface area contributed by atoms with E-state index < -0.39 is 7.12 Å². The number of hydrogen-bond donors (Lipinski definition) is 2. The van der Waals surface area contributed by atoms with Crippen molar-refractivity contribution in [3.05, 3.63) is 31.1 Å². The predicted molar refractivity (Wildman–Crippen MR) is 120 cm³/mol. The second-order valence-electron chi connectivity index (χ2n) is 6.79. The van der Waals surface area contributed by atoms with Crippen LogP contribution in [-0.4, -0.2) is 39.7 Å². The number of carbonyl (C=O) groups excluding carboxylic acids is 2. The minimum atomic E-state index is -1.11. The Labute approximate surface area is 183 Å². The van der Waals surface area contributed by atoms with Crippen LogP contribution in [0.25, 0.3) is 0 Å². The monoisotopic (exact) mass is 490 g/mol. The topological polar surface area (TPSA) is 100 Å². The lowest BCUT2D eigenvalue weighted by Gasteiger charge is -2.00. The molecule has 6 nitrogen and oxygen atoms in total. The van der Waals surface area contributed by atoms with Gasteiger partial charge in [0.15, 0.2) is 16.5 Å². The average Bonchev–Trinajstić information content (AvgIpc) is 3.27. The van der Waals surface area contributed by atoms with Crippen LogP contribution in [0.5, 0.6) is 0 Å². The molecule has 0 aliphatic carbocycles. The Morgan fingerprint density at radius 3 is 1.86 bits per heavy atom. The summed E-state index contributed by atoms with van der Waals surface area (Å²) < 4.78 is 0.750. The smallest absolute Gasteiger partial charge is 0.427 e. The molecule has 2 heterocycles. The third-order valence-corrected chi connectivity index (χ3v) is 5.62. The van der Waals surface area contributed by atoms with Gasteiger partial charge in [-0.05, 0) is 46.9 Å². The van der Waals surface area contributed by atoms with Crippen molar-refractivity contribution in [1.29, 1.82) is 0 Å². The van der Waals surface area contributed by atoms with E-state index in [2.05, 4.69) is 53.6 Å². The lowest BCUT2D eigenvalue weighted by molar-refractivity contribution is 0.111. The fourth-order valence-corrected chi connectivity index (χ4v) is 3.58. The number of carbonyl (C=O) groups is 2. The van der Waals surface area contributed by atoms with E-state index in [1.54, 1.807) is 6.20 Å². The molecule has 2 aromatic rings. The SMILES string of the molecule is CC(C)CCB(O)O.CC(C)CCc1ncc(C=O)s1.O=Cc1cnc(Br)s1. The number of rotatable bonds is 8. The molecule has 28 heavy (non-hydrogen) atoms. The molecule has 0 spiro atoms. The number of halogens is 1. The van der Waals surface area contributed by atoms with E-state index in [4.69, 9.17) is 10.0 Å². The number of hydrogen-bond acceptors (Lipinski definition) is 8. The molecule has 0 amide bonds. The fourth-order valence-electron chi connectivity index (χ4n) is 1.71. The third kappa shape index (κ3) is 15.0. The van der Waals surface area contributed by atoms with Gasteiger partial charge >= 0.3 is 7.12 Å². The summed E-state index contributed by atoms with van der Waals surface area (Å²) in [6, 6.07) is 0. The summed E-state index contributed by atoms with van der Waals surface area (Å²) >= 11 is 5.94. The Balaban J connectivity index is 0.000000405. The van der Waals surface area contributed by atoms with Gasteiger partial charge < -0.3 is 10.0 Å². The van der Waals surface area contributed by atoms with Gasteiger partial charge in [-0.2, -0.15) is 0 Å². The highest BCUT2D eigenvalue weighted by atomic mass is 79.9. The van der Waals surface area contributed by atoms with Crippen molar-refractivity contribution in [1.82, 2.24) is 9.97 Å². The highest BCUT2D eigenvalue weighted by Crippen LogP contribution is 2.16. The Kier molecular flexibility index (Phi) is 15.4. The molecular formula is C18H28BBrN2O4S2. The zero-order valence-electron chi connectivity index (χ0n) is 16.7. The van der Waals surface area contributed by atoms with Gasteiger partial charge in [0.2, 0.25) is 0 Å². The number of thiazole rings is 2. The van der Waals surface area contributed by atoms with Gasteiger partial charge in [0.05, 0.1) is 14.8 Å². The van der Waals surface area contributed by atoms with Crippen molar-refractivity contribution in [3.63, 3.8) is 0 Å². The minimum absolute atomic E-state index is 0.498. The highest BCUT2D eigenvalue weighted by Gasteiger charge is 2.06. The van der Waals surface area contributed by atoms with Gasteiger partial charge in [-0.1, -0.05) is 34.1 Å². The quantitative estimate of drug-likeness (QED) is 0.408. The first-order chi connectivity index (χ1) is 13.2. The summed E-state index contributed by atoms with van der Waals surface area (Å²) in [6.07, 6.45) is 8.34. The minimum Gasteiger partial charge on any atom is -0.427 e. The predicted octanol–water partition coefficient (Wildman–Crippen LogP) is 4.77. The van der Waals surface area contributed by atoms with Crippen LogP contribution in [0.4, 0.5) is 0 Å². The number of aryl methyl sites for hydroxylation is 1. The molecule has 156 valence electrons. The Bertz CT molecular complexity index is 670. The second-order valence-corrected chi connectivity index (χ2v) is 10.3. The fraction of sp³-hybridized carbons (Fsp3) is 0.556. The molecule has 2 N–H and O–H groups in total. The summed E-state index contributed by atoms with van der Waals surface area (Å²) in [7, 11) is -1.11. The van der Waals surface area contributed by atoms with Gasteiger partial charge in [0.1, 0.15) is 0 Å². The van der Waals surface area contributed by atoms with Crippen molar-refractivity contribution in [2.45, 2.75) is 53.3 Å². The van der Waals surface area contributed by atoms with Crippen LogP contribution in [0.15, 0.2) is 16.3 Å². The zero-order valence-corrected chi connectivity index (χ0v) is 19.9. The normalized spacial score (nSPS) is 10.0. The molecule has 0 unspecified atom stereocenters. The van der Waals surface area contributed by atoms with Gasteiger partial charge in [0, 0.05) is 12.4 Å². The van der Waals surface area contributed by atoms with Crippen LogP contribution in [0, 0.1) is 11.8 Å².